The molecule has 4 nitrogen and oxygen atoms in total. The zero-order valence-corrected chi connectivity index (χ0v) is 12.3. The number of nitrogens with zero attached hydrogens (tertiary/aromatic N) is 2. The Morgan fingerprint density at radius 3 is 2.89 bits per heavy atom. The maximum absolute atomic E-state index is 5.74. The number of aromatic amines is 1. The third kappa shape index (κ3) is 3.44. The lowest BCUT2D eigenvalue weighted by Gasteiger charge is -2.10. The largest absolute Gasteiger partial charge is 0.492 e. The van der Waals surface area contributed by atoms with E-state index in [-0.39, 0.29) is 0 Å². The molecule has 0 unspecified atom stereocenters. The molecule has 0 aliphatic carbocycles. The first-order valence-electron chi connectivity index (χ1n) is 6.42. The van der Waals surface area contributed by atoms with Crippen LogP contribution in [0.5, 0.6) is 5.75 Å². The van der Waals surface area contributed by atoms with Gasteiger partial charge in [0.2, 0.25) is 0 Å². The monoisotopic (exact) mass is 277 g/mol. The number of hydrogen-bond donors (Lipinski definition) is 1. The minimum Gasteiger partial charge on any atom is -0.492 e. The first-order valence-corrected chi connectivity index (χ1v) is 6.83. The molecule has 1 aromatic carbocycles. The van der Waals surface area contributed by atoms with Gasteiger partial charge >= 0.3 is 0 Å². The molecule has 1 heterocycles. The Kier molecular flexibility index (Phi) is 4.37. The average Bonchev–Trinajstić information content (AvgIpc) is 2.71. The number of aryl methyl sites for hydroxylation is 1. The Morgan fingerprint density at radius 2 is 2.21 bits per heavy atom. The van der Waals surface area contributed by atoms with Crippen molar-refractivity contribution in [2.75, 3.05) is 6.61 Å². The fourth-order valence-electron chi connectivity index (χ4n) is 1.95. The van der Waals surface area contributed by atoms with Gasteiger partial charge in [0.1, 0.15) is 18.2 Å². The van der Waals surface area contributed by atoms with Crippen LogP contribution in [0.15, 0.2) is 24.3 Å². The Balaban J connectivity index is 2.00. The fraction of sp³-hybridized carbons (Fsp3) is 0.429. The number of rotatable bonds is 5. The summed E-state index contributed by atoms with van der Waals surface area (Å²) >= 11 is 5.23. The molecule has 0 atom stereocenters. The fourth-order valence-corrected chi connectivity index (χ4v) is 2.18. The van der Waals surface area contributed by atoms with Gasteiger partial charge in [0.25, 0.3) is 0 Å². The van der Waals surface area contributed by atoms with Crippen molar-refractivity contribution >= 4 is 12.2 Å². The van der Waals surface area contributed by atoms with E-state index in [1.54, 1.807) is 0 Å². The number of hydrogen-bond acceptors (Lipinski definition) is 3. The molecule has 0 radical (unpaired) electrons. The summed E-state index contributed by atoms with van der Waals surface area (Å²) in [6, 6.07) is 8.03. The molecule has 0 saturated heterocycles. The van der Waals surface area contributed by atoms with E-state index in [1.807, 2.05) is 22.8 Å². The zero-order chi connectivity index (χ0) is 13.8. The molecule has 0 aliphatic heterocycles. The van der Waals surface area contributed by atoms with E-state index in [0.29, 0.717) is 23.8 Å². The smallest absolute Gasteiger partial charge is 0.195 e. The molecule has 0 fully saturated rings. The summed E-state index contributed by atoms with van der Waals surface area (Å²) in [6.07, 6.45) is 0. The van der Waals surface area contributed by atoms with Crippen LogP contribution in [0, 0.1) is 11.7 Å². The Bertz CT molecular complexity index is 601. The maximum atomic E-state index is 5.74. The molecule has 2 rings (SSSR count). The quantitative estimate of drug-likeness (QED) is 0.851. The summed E-state index contributed by atoms with van der Waals surface area (Å²) < 4.78 is 8.39. The van der Waals surface area contributed by atoms with Gasteiger partial charge in [0.15, 0.2) is 4.77 Å². The van der Waals surface area contributed by atoms with Crippen molar-refractivity contribution < 1.29 is 4.74 Å². The van der Waals surface area contributed by atoms with Crippen molar-refractivity contribution in [1.29, 1.82) is 0 Å². The zero-order valence-electron chi connectivity index (χ0n) is 11.5. The molecule has 1 N–H and O–H groups in total. The molecule has 1 aromatic heterocycles. The molecular formula is C14H19N3OS. The number of aromatic nitrogens is 3. The summed E-state index contributed by atoms with van der Waals surface area (Å²) in [5.41, 5.74) is 1.19. The summed E-state index contributed by atoms with van der Waals surface area (Å²) in [7, 11) is 0. The van der Waals surface area contributed by atoms with Crippen LogP contribution in [0.4, 0.5) is 0 Å². The molecule has 0 bridgehead atoms. The molecular weight excluding hydrogens is 258 g/mol. The van der Waals surface area contributed by atoms with Gasteiger partial charge in [-0.3, -0.25) is 5.10 Å². The Labute approximate surface area is 118 Å². The summed E-state index contributed by atoms with van der Waals surface area (Å²) in [5.74, 6) is 2.20. The molecule has 0 saturated carbocycles. The van der Waals surface area contributed by atoms with Crippen molar-refractivity contribution in [1.82, 2.24) is 14.8 Å². The van der Waals surface area contributed by atoms with Crippen LogP contribution in [0.1, 0.15) is 31.2 Å². The van der Waals surface area contributed by atoms with Crippen LogP contribution < -0.4 is 4.74 Å². The molecule has 0 spiro atoms. The number of H-pyrrole nitrogens is 1. The van der Waals surface area contributed by atoms with Crippen LogP contribution in [0.3, 0.4) is 0 Å². The van der Waals surface area contributed by atoms with Gasteiger partial charge in [0.05, 0.1) is 6.54 Å². The van der Waals surface area contributed by atoms with Gasteiger partial charge in [0, 0.05) is 5.92 Å². The average molecular weight is 277 g/mol. The van der Waals surface area contributed by atoms with Crippen LogP contribution >= 0.6 is 12.2 Å². The van der Waals surface area contributed by atoms with E-state index in [1.165, 1.54) is 5.56 Å². The first-order chi connectivity index (χ1) is 9.08. The normalized spacial score (nSPS) is 10.9. The molecule has 102 valence electrons. The van der Waals surface area contributed by atoms with E-state index >= 15 is 0 Å². The van der Waals surface area contributed by atoms with Crippen LogP contribution in [-0.2, 0) is 6.54 Å². The van der Waals surface area contributed by atoms with Gasteiger partial charge in [-0.1, -0.05) is 26.0 Å². The van der Waals surface area contributed by atoms with Crippen LogP contribution in [-0.4, -0.2) is 21.4 Å². The highest BCUT2D eigenvalue weighted by Gasteiger charge is 2.09. The molecule has 0 amide bonds. The van der Waals surface area contributed by atoms with E-state index in [2.05, 4.69) is 37.0 Å². The van der Waals surface area contributed by atoms with Crippen molar-refractivity contribution in [3.05, 3.63) is 40.4 Å². The number of benzene rings is 1. The Morgan fingerprint density at radius 1 is 1.42 bits per heavy atom. The van der Waals surface area contributed by atoms with Crippen molar-refractivity contribution in [2.45, 2.75) is 33.2 Å². The highest BCUT2D eigenvalue weighted by atomic mass is 32.1. The predicted molar refractivity (Wildman–Crippen MR) is 78.2 cm³/mol. The Hall–Kier alpha value is -1.62. The second kappa shape index (κ2) is 6.02. The van der Waals surface area contributed by atoms with Gasteiger partial charge < -0.3 is 9.30 Å². The first kappa shape index (κ1) is 13.8. The number of ether oxygens (including phenoxy) is 1. The summed E-state index contributed by atoms with van der Waals surface area (Å²) in [6.45, 7) is 7.54. The van der Waals surface area contributed by atoms with Crippen molar-refractivity contribution in [3.63, 3.8) is 0 Å². The summed E-state index contributed by atoms with van der Waals surface area (Å²) in [5, 5.41) is 7.08. The van der Waals surface area contributed by atoms with Crippen LogP contribution in [0.2, 0.25) is 0 Å². The second-order valence-electron chi connectivity index (χ2n) is 4.86. The highest BCUT2D eigenvalue weighted by Crippen LogP contribution is 2.14. The standard InChI is InChI=1S/C14H19N3OS/c1-10(2)13-15-16-14(19)17(13)7-8-18-12-6-4-5-11(3)9-12/h4-6,9-10H,7-8H2,1-3H3,(H,16,19). The van der Waals surface area contributed by atoms with Gasteiger partial charge in [-0.05, 0) is 36.8 Å². The van der Waals surface area contributed by atoms with Gasteiger partial charge in [-0.15, -0.1) is 0 Å². The van der Waals surface area contributed by atoms with Gasteiger partial charge in [-0.2, -0.15) is 5.10 Å². The van der Waals surface area contributed by atoms with E-state index in [0.717, 1.165) is 11.6 Å². The third-order valence-corrected chi connectivity index (χ3v) is 3.19. The van der Waals surface area contributed by atoms with E-state index in [4.69, 9.17) is 17.0 Å². The van der Waals surface area contributed by atoms with E-state index in [9.17, 15) is 0 Å². The second-order valence-corrected chi connectivity index (χ2v) is 5.24. The molecule has 19 heavy (non-hydrogen) atoms. The topological polar surface area (TPSA) is 42.8 Å². The minimum absolute atomic E-state index is 0.340. The summed E-state index contributed by atoms with van der Waals surface area (Å²) in [4.78, 5) is 0. The molecule has 0 aliphatic rings. The lowest BCUT2D eigenvalue weighted by molar-refractivity contribution is 0.294. The maximum Gasteiger partial charge on any atom is 0.195 e. The van der Waals surface area contributed by atoms with E-state index < -0.39 is 0 Å². The third-order valence-electron chi connectivity index (χ3n) is 2.88. The predicted octanol–water partition coefficient (Wildman–Crippen LogP) is 3.45. The molecule has 2 aromatic rings. The minimum atomic E-state index is 0.340. The lowest BCUT2D eigenvalue weighted by atomic mass is 10.2. The molecule has 5 heteroatoms. The number of nitrogens with one attached hydrogen (secondary N) is 1. The SMILES string of the molecule is Cc1cccc(OCCn2c(C(C)C)n[nH]c2=S)c1. The lowest BCUT2D eigenvalue weighted by Crippen LogP contribution is -2.12. The van der Waals surface area contributed by atoms with Crippen molar-refractivity contribution in [3.8, 4) is 5.75 Å². The highest BCUT2D eigenvalue weighted by molar-refractivity contribution is 7.71. The van der Waals surface area contributed by atoms with Crippen LogP contribution in [0.25, 0.3) is 0 Å². The van der Waals surface area contributed by atoms with Gasteiger partial charge in [-0.25, -0.2) is 0 Å². The van der Waals surface area contributed by atoms with Crippen molar-refractivity contribution in [2.24, 2.45) is 0 Å².